The van der Waals surface area contributed by atoms with Crippen molar-refractivity contribution < 1.29 is 19.1 Å². The van der Waals surface area contributed by atoms with Crippen molar-refractivity contribution in [1.29, 1.82) is 0 Å². The van der Waals surface area contributed by atoms with E-state index in [2.05, 4.69) is 15.8 Å². The number of hydrogen-bond acceptors (Lipinski definition) is 5. The van der Waals surface area contributed by atoms with E-state index in [-0.39, 0.29) is 18.1 Å². The predicted octanol–water partition coefficient (Wildman–Crippen LogP) is 2.81. The molecule has 146 valence electrons. The Hall–Kier alpha value is -3.71. The van der Waals surface area contributed by atoms with Crippen LogP contribution in [0.4, 0.5) is 0 Å². The summed E-state index contributed by atoms with van der Waals surface area (Å²) in [6.07, 6.45) is 1.47. The Balaban J connectivity index is 1.48. The highest BCUT2D eigenvalue weighted by atomic mass is 35.5. The van der Waals surface area contributed by atoms with E-state index in [1.54, 1.807) is 60.7 Å². The van der Waals surface area contributed by atoms with Gasteiger partial charge < -0.3 is 4.74 Å². The molecule has 1 heterocycles. The largest absolute Gasteiger partial charge is 0.484 e. The summed E-state index contributed by atoms with van der Waals surface area (Å²) in [6.45, 7) is -0.313. The lowest BCUT2D eigenvalue weighted by Gasteiger charge is -2.09. The molecule has 0 aliphatic heterocycles. The van der Waals surface area contributed by atoms with Crippen LogP contribution in [0.25, 0.3) is 0 Å². The fourth-order valence-corrected chi connectivity index (χ4v) is 2.47. The van der Waals surface area contributed by atoms with E-state index in [0.29, 0.717) is 21.9 Å². The molecular weight excluding hydrogens is 394 g/mol. The van der Waals surface area contributed by atoms with Gasteiger partial charge in [-0.25, -0.2) is 0 Å². The molecule has 0 saturated carbocycles. The Kier molecular flexibility index (Phi) is 6.55. The van der Waals surface area contributed by atoms with Crippen LogP contribution in [0.3, 0.4) is 0 Å². The first-order valence-electron chi connectivity index (χ1n) is 8.56. The van der Waals surface area contributed by atoms with Crippen molar-refractivity contribution in [3.05, 3.63) is 94.8 Å². The first kappa shape index (κ1) is 20.0. The molecule has 7 nitrogen and oxygen atoms in total. The molecule has 0 unspecified atom stereocenters. The minimum Gasteiger partial charge on any atom is -0.484 e. The SMILES string of the molecule is O=C(COc1ccc(C(=O)c2ccc(Cl)cc2)cc1)NNC(=O)c1ccccn1. The lowest BCUT2D eigenvalue weighted by Crippen LogP contribution is -2.44. The number of halogens is 1. The molecule has 3 aromatic rings. The maximum absolute atomic E-state index is 12.4. The summed E-state index contributed by atoms with van der Waals surface area (Å²) in [5, 5.41) is 0.555. The minimum absolute atomic E-state index is 0.150. The van der Waals surface area contributed by atoms with Crippen molar-refractivity contribution in [3.8, 4) is 5.75 Å². The summed E-state index contributed by atoms with van der Waals surface area (Å²) in [6, 6.07) is 17.8. The van der Waals surface area contributed by atoms with Crippen molar-refractivity contribution in [1.82, 2.24) is 15.8 Å². The van der Waals surface area contributed by atoms with Crippen molar-refractivity contribution in [3.63, 3.8) is 0 Å². The fraction of sp³-hybridized carbons (Fsp3) is 0.0476. The molecule has 1 aromatic heterocycles. The van der Waals surface area contributed by atoms with Crippen LogP contribution in [0, 0.1) is 0 Å². The van der Waals surface area contributed by atoms with Crippen LogP contribution < -0.4 is 15.6 Å². The number of carbonyl (C=O) groups is 3. The molecule has 0 radical (unpaired) electrons. The summed E-state index contributed by atoms with van der Waals surface area (Å²) in [5.74, 6) is -0.827. The molecule has 2 amide bonds. The Bertz CT molecular complexity index is 1010. The van der Waals surface area contributed by atoms with Crippen LogP contribution in [-0.4, -0.2) is 29.2 Å². The zero-order valence-corrected chi connectivity index (χ0v) is 15.8. The van der Waals surface area contributed by atoms with Gasteiger partial charge in [-0.3, -0.25) is 30.2 Å². The quantitative estimate of drug-likeness (QED) is 0.482. The number of ether oxygens (including phenoxy) is 1. The summed E-state index contributed by atoms with van der Waals surface area (Å²) in [7, 11) is 0. The van der Waals surface area contributed by atoms with Gasteiger partial charge in [-0.05, 0) is 60.7 Å². The van der Waals surface area contributed by atoms with Gasteiger partial charge in [-0.15, -0.1) is 0 Å². The Morgan fingerprint density at radius 1 is 0.862 bits per heavy atom. The number of hydrogen-bond donors (Lipinski definition) is 2. The third kappa shape index (κ3) is 5.63. The zero-order valence-electron chi connectivity index (χ0n) is 15.1. The highest BCUT2D eigenvalue weighted by molar-refractivity contribution is 6.30. The first-order valence-corrected chi connectivity index (χ1v) is 8.94. The van der Waals surface area contributed by atoms with Crippen molar-refractivity contribution in [2.45, 2.75) is 0 Å². The second kappa shape index (κ2) is 9.48. The molecule has 29 heavy (non-hydrogen) atoms. The van der Waals surface area contributed by atoms with Gasteiger partial charge in [0, 0.05) is 22.3 Å². The molecular formula is C21H16ClN3O4. The van der Waals surface area contributed by atoms with Gasteiger partial charge in [-0.2, -0.15) is 0 Å². The van der Waals surface area contributed by atoms with Crippen LogP contribution in [0.2, 0.25) is 5.02 Å². The summed E-state index contributed by atoms with van der Waals surface area (Å²) < 4.78 is 5.35. The third-order valence-corrected chi connectivity index (χ3v) is 4.06. The van der Waals surface area contributed by atoms with Crippen molar-refractivity contribution in [2.75, 3.05) is 6.61 Å². The molecule has 2 aromatic carbocycles. The summed E-state index contributed by atoms with van der Waals surface area (Å²) in [4.78, 5) is 39.9. The first-order chi connectivity index (χ1) is 14.0. The normalized spacial score (nSPS) is 10.1. The van der Waals surface area contributed by atoms with E-state index in [4.69, 9.17) is 16.3 Å². The van der Waals surface area contributed by atoms with Gasteiger partial charge in [0.25, 0.3) is 11.8 Å². The Morgan fingerprint density at radius 3 is 2.14 bits per heavy atom. The molecule has 0 saturated heterocycles. The number of pyridine rings is 1. The van der Waals surface area contributed by atoms with E-state index in [9.17, 15) is 14.4 Å². The third-order valence-electron chi connectivity index (χ3n) is 3.81. The lowest BCUT2D eigenvalue weighted by molar-refractivity contribution is -0.123. The minimum atomic E-state index is -0.546. The van der Waals surface area contributed by atoms with E-state index in [1.807, 2.05) is 0 Å². The molecule has 0 atom stereocenters. The fourth-order valence-electron chi connectivity index (χ4n) is 2.34. The molecule has 2 N–H and O–H groups in total. The van der Waals surface area contributed by atoms with Gasteiger partial charge in [0.15, 0.2) is 12.4 Å². The van der Waals surface area contributed by atoms with Crippen molar-refractivity contribution in [2.24, 2.45) is 0 Å². The van der Waals surface area contributed by atoms with Crippen LogP contribution >= 0.6 is 11.6 Å². The number of rotatable bonds is 6. The maximum atomic E-state index is 12.4. The predicted molar refractivity (Wildman–Crippen MR) is 107 cm³/mol. The monoisotopic (exact) mass is 409 g/mol. The van der Waals surface area contributed by atoms with Crippen LogP contribution in [-0.2, 0) is 4.79 Å². The number of benzene rings is 2. The average molecular weight is 410 g/mol. The summed E-state index contributed by atoms with van der Waals surface area (Å²) in [5.41, 5.74) is 5.66. The topological polar surface area (TPSA) is 97.4 Å². The van der Waals surface area contributed by atoms with E-state index >= 15 is 0 Å². The molecule has 0 aliphatic rings. The highest BCUT2D eigenvalue weighted by Crippen LogP contribution is 2.17. The lowest BCUT2D eigenvalue weighted by atomic mass is 10.0. The van der Waals surface area contributed by atoms with Gasteiger partial charge in [-0.1, -0.05) is 17.7 Å². The molecule has 0 fully saturated rings. The smallest absolute Gasteiger partial charge is 0.288 e. The molecule has 0 spiro atoms. The number of hydrazine groups is 1. The Morgan fingerprint density at radius 2 is 1.52 bits per heavy atom. The highest BCUT2D eigenvalue weighted by Gasteiger charge is 2.11. The number of amides is 2. The van der Waals surface area contributed by atoms with Crippen molar-refractivity contribution >= 4 is 29.2 Å². The van der Waals surface area contributed by atoms with Crippen LogP contribution in [0.1, 0.15) is 26.4 Å². The zero-order chi connectivity index (χ0) is 20.6. The standard InChI is InChI=1S/C21H16ClN3O4/c22-16-8-4-14(5-9-16)20(27)15-6-10-17(11-7-15)29-13-19(26)24-25-21(28)18-3-1-2-12-23-18/h1-12H,13H2,(H,24,26)(H,25,28). The number of nitrogens with one attached hydrogen (secondary N) is 2. The Labute approximate surface area is 171 Å². The van der Waals surface area contributed by atoms with Crippen LogP contribution in [0.5, 0.6) is 5.75 Å². The second-order valence-electron chi connectivity index (χ2n) is 5.87. The molecule has 8 heteroatoms. The van der Waals surface area contributed by atoms with E-state index in [1.165, 1.54) is 12.3 Å². The van der Waals surface area contributed by atoms with Gasteiger partial charge in [0.05, 0.1) is 0 Å². The van der Waals surface area contributed by atoms with Gasteiger partial charge in [0.1, 0.15) is 11.4 Å². The molecule has 0 aliphatic carbocycles. The van der Waals surface area contributed by atoms with Crippen LogP contribution in [0.15, 0.2) is 72.9 Å². The summed E-state index contributed by atoms with van der Waals surface area (Å²) >= 11 is 5.83. The number of ketones is 1. The van der Waals surface area contributed by atoms with E-state index < -0.39 is 11.8 Å². The van der Waals surface area contributed by atoms with Gasteiger partial charge >= 0.3 is 0 Å². The molecule has 0 bridgehead atoms. The number of aromatic nitrogens is 1. The maximum Gasteiger partial charge on any atom is 0.288 e. The number of nitrogens with zero attached hydrogens (tertiary/aromatic N) is 1. The second-order valence-corrected chi connectivity index (χ2v) is 6.30. The van der Waals surface area contributed by atoms with E-state index in [0.717, 1.165) is 0 Å². The van der Waals surface area contributed by atoms with Gasteiger partial charge in [0.2, 0.25) is 0 Å². The average Bonchev–Trinajstić information content (AvgIpc) is 2.77. The molecule has 3 rings (SSSR count). The number of carbonyl (C=O) groups excluding carboxylic acids is 3.